The average molecular weight is 304 g/mol. The zero-order valence-electron chi connectivity index (χ0n) is 10.7. The van der Waals surface area contributed by atoms with Gasteiger partial charge in [0.1, 0.15) is 0 Å². The van der Waals surface area contributed by atoms with Crippen LogP contribution in [-0.4, -0.2) is 44.6 Å². The third-order valence-electron chi connectivity index (χ3n) is 3.87. The van der Waals surface area contributed by atoms with Gasteiger partial charge in [0.2, 0.25) is 0 Å². The lowest BCUT2D eigenvalue weighted by Gasteiger charge is -2.39. The van der Waals surface area contributed by atoms with Crippen LogP contribution in [0, 0.1) is 0 Å². The standard InChI is InChI=1S/C14H8O8/c15-5-1-3-7-8-4(14(20)22-11(7)9(5)17)2-6(16)10(18)12(8)21-13(3)19/h1-2,11-12,15-18H. The van der Waals surface area contributed by atoms with Crippen LogP contribution in [0.3, 0.4) is 0 Å². The predicted molar refractivity (Wildman–Crippen MR) is 67.5 cm³/mol. The van der Waals surface area contributed by atoms with Crippen LogP contribution < -0.4 is 0 Å². The molecule has 8 nitrogen and oxygen atoms in total. The van der Waals surface area contributed by atoms with Crippen molar-refractivity contribution in [1.29, 1.82) is 0 Å². The van der Waals surface area contributed by atoms with Crippen molar-refractivity contribution in [3.63, 3.8) is 0 Å². The zero-order chi connectivity index (χ0) is 15.8. The molecule has 0 aromatic heterocycles. The second-order valence-electron chi connectivity index (χ2n) is 5.06. The molecule has 0 bridgehead atoms. The number of allylic oxidation sites excluding steroid dienone is 2. The van der Waals surface area contributed by atoms with E-state index in [-0.39, 0.29) is 22.3 Å². The summed E-state index contributed by atoms with van der Waals surface area (Å²) in [5, 5.41) is 39.1. The van der Waals surface area contributed by atoms with E-state index in [2.05, 4.69) is 0 Å². The van der Waals surface area contributed by atoms with E-state index in [1.165, 1.54) is 0 Å². The Morgan fingerprint density at radius 1 is 0.727 bits per heavy atom. The summed E-state index contributed by atoms with van der Waals surface area (Å²) in [4.78, 5) is 24.1. The van der Waals surface area contributed by atoms with Crippen LogP contribution in [0.15, 0.2) is 57.5 Å². The van der Waals surface area contributed by atoms with Gasteiger partial charge >= 0.3 is 11.9 Å². The third-order valence-corrected chi connectivity index (χ3v) is 3.87. The lowest BCUT2D eigenvalue weighted by Crippen LogP contribution is -2.44. The Bertz CT molecular complexity index is 752. The molecule has 0 saturated heterocycles. The van der Waals surface area contributed by atoms with Crippen LogP contribution in [-0.2, 0) is 19.1 Å². The fourth-order valence-electron chi connectivity index (χ4n) is 2.88. The molecule has 8 heteroatoms. The van der Waals surface area contributed by atoms with Crippen LogP contribution in [0.1, 0.15) is 0 Å². The molecule has 0 amide bonds. The van der Waals surface area contributed by atoms with Crippen molar-refractivity contribution >= 4 is 11.9 Å². The molecule has 0 radical (unpaired) electrons. The number of ether oxygens (including phenoxy) is 2. The van der Waals surface area contributed by atoms with Crippen LogP contribution in [0.5, 0.6) is 0 Å². The molecule has 2 atom stereocenters. The Morgan fingerprint density at radius 3 is 1.45 bits per heavy atom. The number of esters is 2. The van der Waals surface area contributed by atoms with E-state index in [1.54, 1.807) is 0 Å². The first-order valence-corrected chi connectivity index (χ1v) is 6.24. The quantitative estimate of drug-likeness (QED) is 0.480. The maximum Gasteiger partial charge on any atom is 0.339 e. The molecule has 2 aliphatic carbocycles. The minimum Gasteiger partial charge on any atom is -0.505 e. The third kappa shape index (κ3) is 1.31. The summed E-state index contributed by atoms with van der Waals surface area (Å²) in [6.07, 6.45) is -0.719. The molecule has 4 aliphatic rings. The van der Waals surface area contributed by atoms with E-state index < -0.39 is 47.2 Å². The number of rotatable bonds is 0. The van der Waals surface area contributed by atoms with Gasteiger partial charge in [-0.3, -0.25) is 0 Å². The fraction of sp³-hybridized carbons (Fsp3) is 0.143. The van der Waals surface area contributed by atoms with Crippen LogP contribution in [0.25, 0.3) is 0 Å². The Kier molecular flexibility index (Phi) is 2.13. The smallest absolute Gasteiger partial charge is 0.339 e. The van der Waals surface area contributed by atoms with Gasteiger partial charge in [0.05, 0.1) is 11.1 Å². The molecule has 112 valence electrons. The lowest BCUT2D eigenvalue weighted by molar-refractivity contribution is -0.149. The molecule has 4 N–H and O–H groups in total. The zero-order valence-corrected chi connectivity index (χ0v) is 10.7. The molecule has 0 spiro atoms. The molecule has 2 aliphatic heterocycles. The molecule has 22 heavy (non-hydrogen) atoms. The molecule has 0 aromatic carbocycles. The van der Waals surface area contributed by atoms with Gasteiger partial charge < -0.3 is 29.9 Å². The highest BCUT2D eigenvalue weighted by atomic mass is 16.6. The summed E-state index contributed by atoms with van der Waals surface area (Å²) in [7, 11) is 0. The number of carbonyl (C=O) groups excluding carboxylic acids is 2. The highest BCUT2D eigenvalue weighted by molar-refractivity contribution is 6.04. The van der Waals surface area contributed by atoms with Gasteiger partial charge in [-0.05, 0) is 12.2 Å². The van der Waals surface area contributed by atoms with Crippen molar-refractivity contribution in [2.24, 2.45) is 0 Å². The largest absolute Gasteiger partial charge is 0.505 e. The van der Waals surface area contributed by atoms with E-state index in [1.807, 2.05) is 0 Å². The molecule has 2 heterocycles. The molecule has 0 saturated carbocycles. The van der Waals surface area contributed by atoms with Crippen molar-refractivity contribution < 1.29 is 39.5 Å². The van der Waals surface area contributed by atoms with Gasteiger partial charge in [-0.1, -0.05) is 0 Å². The van der Waals surface area contributed by atoms with Gasteiger partial charge in [-0.25, -0.2) is 9.59 Å². The summed E-state index contributed by atoms with van der Waals surface area (Å²) in [6.45, 7) is 0. The Morgan fingerprint density at radius 2 is 1.09 bits per heavy atom. The maximum absolute atomic E-state index is 12.0. The van der Waals surface area contributed by atoms with Crippen molar-refractivity contribution in [3.8, 4) is 0 Å². The van der Waals surface area contributed by atoms with E-state index in [0.717, 1.165) is 12.2 Å². The minimum absolute atomic E-state index is 0.0841. The Labute approximate surface area is 122 Å². The summed E-state index contributed by atoms with van der Waals surface area (Å²) in [5.41, 5.74) is 0.0844. The van der Waals surface area contributed by atoms with Crippen molar-refractivity contribution in [3.05, 3.63) is 57.5 Å². The SMILES string of the molecule is O=C1OC2C(O)=C(O)C=C3C(=O)OC4C(O)=C(O)C=C1C4=C32. The number of aliphatic hydroxyl groups is 4. The van der Waals surface area contributed by atoms with E-state index in [9.17, 15) is 30.0 Å². The van der Waals surface area contributed by atoms with E-state index >= 15 is 0 Å². The van der Waals surface area contributed by atoms with Gasteiger partial charge in [0, 0.05) is 11.1 Å². The van der Waals surface area contributed by atoms with Crippen LogP contribution >= 0.6 is 0 Å². The summed E-state index contributed by atoms with van der Waals surface area (Å²) in [6, 6.07) is 0. The number of hydrogen-bond acceptors (Lipinski definition) is 8. The lowest BCUT2D eigenvalue weighted by atomic mass is 9.78. The summed E-state index contributed by atoms with van der Waals surface area (Å²) < 4.78 is 10.1. The molecular weight excluding hydrogens is 296 g/mol. The van der Waals surface area contributed by atoms with Gasteiger partial charge in [-0.2, -0.15) is 0 Å². The second kappa shape index (κ2) is 3.73. The maximum atomic E-state index is 12.0. The molecule has 2 unspecified atom stereocenters. The van der Waals surface area contributed by atoms with Gasteiger partial charge in [0.15, 0.2) is 35.2 Å². The predicted octanol–water partition coefficient (Wildman–Crippen LogP) is 0.669. The average Bonchev–Trinajstić information content (AvgIpc) is 2.47. The first-order chi connectivity index (χ1) is 10.4. The first kappa shape index (κ1) is 12.6. The fourth-order valence-corrected chi connectivity index (χ4v) is 2.88. The number of hydrogen-bond donors (Lipinski definition) is 4. The Hall–Kier alpha value is -3.16. The highest BCUT2D eigenvalue weighted by Gasteiger charge is 2.51. The van der Waals surface area contributed by atoms with Crippen molar-refractivity contribution in [1.82, 2.24) is 0 Å². The van der Waals surface area contributed by atoms with Gasteiger partial charge in [0.25, 0.3) is 0 Å². The topological polar surface area (TPSA) is 134 Å². The summed E-state index contributed by atoms with van der Waals surface area (Å²) >= 11 is 0. The molecule has 0 aromatic rings. The highest BCUT2D eigenvalue weighted by Crippen LogP contribution is 2.46. The molecule has 4 rings (SSSR count). The van der Waals surface area contributed by atoms with Crippen molar-refractivity contribution in [2.45, 2.75) is 12.2 Å². The van der Waals surface area contributed by atoms with Crippen LogP contribution in [0.4, 0.5) is 0 Å². The van der Waals surface area contributed by atoms with Crippen LogP contribution in [0.2, 0.25) is 0 Å². The number of carbonyl (C=O) groups is 2. The molecule has 0 fully saturated rings. The summed E-state index contributed by atoms with van der Waals surface area (Å²) in [5.74, 6) is -4.23. The van der Waals surface area contributed by atoms with Crippen molar-refractivity contribution in [2.75, 3.05) is 0 Å². The molecular formula is C14H8O8. The van der Waals surface area contributed by atoms with Gasteiger partial charge in [-0.15, -0.1) is 0 Å². The Balaban J connectivity index is 2.08. The first-order valence-electron chi connectivity index (χ1n) is 6.24. The normalized spacial score (nSPS) is 29.6. The number of aliphatic hydroxyl groups excluding tert-OH is 4. The monoisotopic (exact) mass is 304 g/mol. The van der Waals surface area contributed by atoms with E-state index in [4.69, 9.17) is 9.47 Å². The second-order valence-corrected chi connectivity index (χ2v) is 5.06. The van der Waals surface area contributed by atoms with E-state index in [0.29, 0.717) is 0 Å². The minimum atomic E-state index is -1.36.